The molecule has 0 aliphatic carbocycles. The van der Waals surface area contributed by atoms with Gasteiger partial charge in [-0.1, -0.05) is 13.8 Å². The topological polar surface area (TPSA) is 72.5 Å². The standard InChI is InChI=1S/C10H21NO3/c1-6(2)8(12)7(11)9(13)14-10(3,4)5/h6-8,12H,11H2,1-5H3/t7-,8-/m1/s1. The molecule has 0 bridgehead atoms. The fraction of sp³-hybridized carbons (Fsp3) is 0.900. The number of hydrogen-bond donors (Lipinski definition) is 2. The summed E-state index contributed by atoms with van der Waals surface area (Å²) in [5, 5.41) is 9.54. The van der Waals surface area contributed by atoms with E-state index in [1.165, 1.54) is 0 Å². The van der Waals surface area contributed by atoms with Crippen LogP contribution in [0.15, 0.2) is 0 Å². The molecule has 84 valence electrons. The molecule has 4 heteroatoms. The molecule has 3 N–H and O–H groups in total. The molecule has 0 rings (SSSR count). The molecule has 0 radical (unpaired) electrons. The van der Waals surface area contributed by atoms with E-state index < -0.39 is 23.7 Å². The van der Waals surface area contributed by atoms with E-state index in [-0.39, 0.29) is 5.92 Å². The van der Waals surface area contributed by atoms with Crippen LogP contribution in [-0.2, 0) is 9.53 Å². The number of ether oxygens (including phenoxy) is 1. The third-order valence-corrected chi connectivity index (χ3v) is 1.73. The van der Waals surface area contributed by atoms with Gasteiger partial charge in [-0.2, -0.15) is 0 Å². The molecule has 14 heavy (non-hydrogen) atoms. The maximum Gasteiger partial charge on any atom is 0.326 e. The number of rotatable bonds is 3. The molecule has 0 fully saturated rings. The van der Waals surface area contributed by atoms with E-state index in [0.29, 0.717) is 0 Å². The van der Waals surface area contributed by atoms with Gasteiger partial charge in [-0.3, -0.25) is 4.79 Å². The Morgan fingerprint density at radius 3 is 2.07 bits per heavy atom. The first-order chi connectivity index (χ1) is 6.15. The van der Waals surface area contributed by atoms with E-state index in [9.17, 15) is 9.90 Å². The van der Waals surface area contributed by atoms with Gasteiger partial charge in [-0.15, -0.1) is 0 Å². The Labute approximate surface area is 85.4 Å². The summed E-state index contributed by atoms with van der Waals surface area (Å²) in [6.07, 6.45) is -0.857. The normalized spacial score (nSPS) is 16.6. The minimum absolute atomic E-state index is 0.0579. The van der Waals surface area contributed by atoms with Crippen LogP contribution in [-0.4, -0.2) is 28.8 Å². The smallest absolute Gasteiger partial charge is 0.326 e. The van der Waals surface area contributed by atoms with Gasteiger partial charge >= 0.3 is 5.97 Å². The van der Waals surface area contributed by atoms with Crippen molar-refractivity contribution in [2.45, 2.75) is 52.4 Å². The van der Waals surface area contributed by atoms with Gasteiger partial charge in [0.25, 0.3) is 0 Å². The van der Waals surface area contributed by atoms with E-state index >= 15 is 0 Å². The van der Waals surface area contributed by atoms with Gasteiger partial charge < -0.3 is 15.6 Å². The summed E-state index contributed by atoms with van der Waals surface area (Å²) in [4.78, 5) is 11.4. The van der Waals surface area contributed by atoms with Gasteiger partial charge in [0.1, 0.15) is 11.6 Å². The number of aliphatic hydroxyl groups is 1. The van der Waals surface area contributed by atoms with Crippen LogP contribution in [0.5, 0.6) is 0 Å². The summed E-state index contributed by atoms with van der Waals surface area (Å²) in [6, 6.07) is -0.964. The average Bonchev–Trinajstić information content (AvgIpc) is 1.98. The number of carbonyl (C=O) groups is 1. The highest BCUT2D eigenvalue weighted by Crippen LogP contribution is 2.11. The van der Waals surface area contributed by atoms with E-state index in [1.807, 2.05) is 0 Å². The highest BCUT2D eigenvalue weighted by molar-refractivity contribution is 5.76. The van der Waals surface area contributed by atoms with Crippen molar-refractivity contribution >= 4 is 5.97 Å². The second kappa shape index (κ2) is 4.75. The lowest BCUT2D eigenvalue weighted by atomic mass is 10.0. The first kappa shape index (κ1) is 13.4. The third kappa shape index (κ3) is 4.58. The molecule has 0 aliphatic rings. The largest absolute Gasteiger partial charge is 0.459 e. The lowest BCUT2D eigenvalue weighted by molar-refractivity contribution is -0.160. The predicted molar refractivity (Wildman–Crippen MR) is 54.7 cm³/mol. The van der Waals surface area contributed by atoms with Crippen LogP contribution in [0.25, 0.3) is 0 Å². The molecular weight excluding hydrogens is 182 g/mol. The van der Waals surface area contributed by atoms with Crippen LogP contribution < -0.4 is 5.73 Å². The molecule has 0 aromatic rings. The molecule has 0 heterocycles. The lowest BCUT2D eigenvalue weighted by Crippen LogP contribution is -2.47. The zero-order valence-electron chi connectivity index (χ0n) is 9.57. The number of carbonyl (C=O) groups excluding carboxylic acids is 1. The number of hydrogen-bond acceptors (Lipinski definition) is 4. The summed E-state index contributed by atoms with van der Waals surface area (Å²) >= 11 is 0. The Bertz CT molecular complexity index is 196. The van der Waals surface area contributed by atoms with Crippen LogP contribution >= 0.6 is 0 Å². The van der Waals surface area contributed by atoms with Crippen LogP contribution in [0.3, 0.4) is 0 Å². The summed E-state index contributed by atoms with van der Waals surface area (Å²) in [6.45, 7) is 8.89. The Kier molecular flexibility index (Phi) is 4.55. The Morgan fingerprint density at radius 1 is 1.36 bits per heavy atom. The number of esters is 1. The molecular formula is C10H21NO3. The van der Waals surface area contributed by atoms with Crippen LogP contribution in [0.4, 0.5) is 0 Å². The van der Waals surface area contributed by atoms with Gasteiger partial charge in [0.15, 0.2) is 0 Å². The minimum Gasteiger partial charge on any atom is -0.459 e. The lowest BCUT2D eigenvalue weighted by Gasteiger charge is -2.25. The Balaban J connectivity index is 4.26. The number of nitrogens with two attached hydrogens (primary N) is 1. The van der Waals surface area contributed by atoms with Crippen molar-refractivity contribution in [1.29, 1.82) is 0 Å². The van der Waals surface area contributed by atoms with Gasteiger partial charge in [-0.05, 0) is 26.7 Å². The first-order valence-corrected chi connectivity index (χ1v) is 4.81. The van der Waals surface area contributed by atoms with Crippen molar-refractivity contribution in [2.24, 2.45) is 11.7 Å². The predicted octanol–water partition coefficient (Wildman–Crippen LogP) is 0.672. The molecule has 0 saturated carbocycles. The average molecular weight is 203 g/mol. The summed E-state index contributed by atoms with van der Waals surface area (Å²) in [7, 11) is 0. The van der Waals surface area contributed by atoms with E-state index in [1.54, 1.807) is 34.6 Å². The highest BCUT2D eigenvalue weighted by Gasteiger charge is 2.29. The molecule has 0 unspecified atom stereocenters. The van der Waals surface area contributed by atoms with E-state index in [4.69, 9.17) is 10.5 Å². The molecule has 0 aromatic heterocycles. The van der Waals surface area contributed by atoms with E-state index in [2.05, 4.69) is 0 Å². The van der Waals surface area contributed by atoms with Gasteiger partial charge in [0, 0.05) is 0 Å². The van der Waals surface area contributed by atoms with Gasteiger partial charge in [0.2, 0.25) is 0 Å². The molecule has 0 aliphatic heterocycles. The first-order valence-electron chi connectivity index (χ1n) is 4.81. The second-order valence-electron chi connectivity index (χ2n) is 4.79. The summed E-state index contributed by atoms with van der Waals surface area (Å²) in [5.41, 5.74) is 4.98. The SMILES string of the molecule is CC(C)[C@@H](O)[C@@H](N)C(=O)OC(C)(C)C. The fourth-order valence-corrected chi connectivity index (χ4v) is 0.924. The van der Waals surface area contributed by atoms with E-state index in [0.717, 1.165) is 0 Å². The molecule has 0 aromatic carbocycles. The Hall–Kier alpha value is -0.610. The fourth-order valence-electron chi connectivity index (χ4n) is 0.924. The minimum atomic E-state index is -0.964. The molecule has 0 spiro atoms. The molecule has 2 atom stereocenters. The molecule has 4 nitrogen and oxygen atoms in total. The summed E-state index contributed by atoms with van der Waals surface area (Å²) in [5.74, 6) is -0.615. The van der Waals surface area contributed by atoms with Crippen molar-refractivity contribution < 1.29 is 14.6 Å². The maximum absolute atomic E-state index is 11.4. The van der Waals surface area contributed by atoms with Crippen molar-refractivity contribution in [3.8, 4) is 0 Å². The van der Waals surface area contributed by atoms with Crippen molar-refractivity contribution in [2.75, 3.05) is 0 Å². The second-order valence-corrected chi connectivity index (χ2v) is 4.79. The quantitative estimate of drug-likeness (QED) is 0.661. The van der Waals surface area contributed by atoms with Crippen LogP contribution in [0, 0.1) is 5.92 Å². The Morgan fingerprint density at radius 2 is 1.79 bits per heavy atom. The number of aliphatic hydroxyl groups excluding tert-OH is 1. The molecule has 0 amide bonds. The zero-order valence-corrected chi connectivity index (χ0v) is 9.57. The van der Waals surface area contributed by atoms with Crippen LogP contribution in [0.1, 0.15) is 34.6 Å². The van der Waals surface area contributed by atoms with Crippen molar-refractivity contribution in [3.05, 3.63) is 0 Å². The van der Waals surface area contributed by atoms with Crippen molar-refractivity contribution in [3.63, 3.8) is 0 Å². The zero-order chi connectivity index (χ0) is 11.5. The van der Waals surface area contributed by atoms with Gasteiger partial charge in [-0.25, -0.2) is 0 Å². The maximum atomic E-state index is 11.4. The third-order valence-electron chi connectivity index (χ3n) is 1.73. The molecule has 0 saturated heterocycles. The monoisotopic (exact) mass is 203 g/mol. The van der Waals surface area contributed by atoms with Gasteiger partial charge in [0.05, 0.1) is 6.10 Å². The highest BCUT2D eigenvalue weighted by atomic mass is 16.6. The van der Waals surface area contributed by atoms with Crippen LogP contribution in [0.2, 0.25) is 0 Å². The van der Waals surface area contributed by atoms with Crippen molar-refractivity contribution in [1.82, 2.24) is 0 Å². The summed E-state index contributed by atoms with van der Waals surface area (Å²) < 4.78 is 5.05.